The molecular weight excluding hydrogens is 256 g/mol. The minimum absolute atomic E-state index is 0.0881. The maximum Gasteiger partial charge on any atom is 0.146 e. The molecule has 0 saturated heterocycles. The average Bonchev–Trinajstić information content (AvgIpc) is 2.80. The zero-order chi connectivity index (χ0) is 13.7. The number of hydrogen-bond donors (Lipinski definition) is 2. The number of nitrogens with zero attached hydrogens (tertiary/aromatic N) is 2. The lowest BCUT2D eigenvalue weighted by molar-refractivity contribution is 0.616. The molecular formula is C14H20N4S. The van der Waals surface area contributed by atoms with Gasteiger partial charge in [0.1, 0.15) is 10.8 Å². The monoisotopic (exact) mass is 276 g/mol. The van der Waals surface area contributed by atoms with Crippen LogP contribution in [0.2, 0.25) is 0 Å². The summed E-state index contributed by atoms with van der Waals surface area (Å²) < 4.78 is 4.39. The Morgan fingerprint density at radius 3 is 2.68 bits per heavy atom. The second kappa shape index (κ2) is 6.75. The normalized spacial score (nSPS) is 12.6. The first-order valence-corrected chi connectivity index (χ1v) is 7.27. The number of rotatable bonds is 6. The van der Waals surface area contributed by atoms with Crippen molar-refractivity contribution in [2.24, 2.45) is 11.5 Å². The van der Waals surface area contributed by atoms with Crippen LogP contribution in [-0.2, 0) is 12.8 Å². The van der Waals surface area contributed by atoms with Crippen LogP contribution in [0.4, 0.5) is 0 Å². The Balaban J connectivity index is 1.95. The summed E-state index contributed by atoms with van der Waals surface area (Å²) in [6, 6.07) is 8.55. The van der Waals surface area contributed by atoms with Crippen LogP contribution in [0, 0.1) is 6.92 Å². The van der Waals surface area contributed by atoms with Crippen LogP contribution in [0.1, 0.15) is 28.4 Å². The van der Waals surface area contributed by atoms with Crippen LogP contribution < -0.4 is 11.5 Å². The van der Waals surface area contributed by atoms with Gasteiger partial charge < -0.3 is 11.5 Å². The van der Waals surface area contributed by atoms with Gasteiger partial charge in [-0.1, -0.05) is 29.8 Å². The molecule has 2 aromatic rings. The van der Waals surface area contributed by atoms with E-state index in [2.05, 4.69) is 40.5 Å². The third-order valence-corrected chi connectivity index (χ3v) is 3.74. The van der Waals surface area contributed by atoms with Crippen molar-refractivity contribution in [3.8, 4) is 0 Å². The van der Waals surface area contributed by atoms with E-state index >= 15 is 0 Å². The van der Waals surface area contributed by atoms with Gasteiger partial charge >= 0.3 is 0 Å². The van der Waals surface area contributed by atoms with E-state index in [9.17, 15) is 0 Å². The predicted octanol–water partition coefficient (Wildman–Crippen LogP) is 1.66. The van der Waals surface area contributed by atoms with Gasteiger partial charge in [0, 0.05) is 18.9 Å². The second-order valence-electron chi connectivity index (χ2n) is 4.81. The topological polar surface area (TPSA) is 77.8 Å². The fraction of sp³-hybridized carbons (Fsp3) is 0.429. The summed E-state index contributed by atoms with van der Waals surface area (Å²) in [4.78, 5) is 4.54. The van der Waals surface area contributed by atoms with Crippen molar-refractivity contribution in [3.63, 3.8) is 0 Å². The molecule has 0 aliphatic rings. The fourth-order valence-corrected chi connectivity index (χ4v) is 2.62. The van der Waals surface area contributed by atoms with Crippen molar-refractivity contribution in [2.45, 2.75) is 32.2 Å². The second-order valence-corrected chi connectivity index (χ2v) is 5.64. The number of benzene rings is 1. The standard InChI is InChI=1S/C14H20N4S/c1-10-2-4-11(5-3-10)8-13-17-14(19-18-13)9-12(16)6-7-15/h2-5,12H,6-9,15-16H2,1H3. The molecule has 1 unspecified atom stereocenters. The minimum Gasteiger partial charge on any atom is -0.330 e. The summed E-state index contributed by atoms with van der Waals surface area (Å²) in [5.74, 6) is 0.879. The maximum atomic E-state index is 5.95. The first-order valence-electron chi connectivity index (χ1n) is 6.50. The van der Waals surface area contributed by atoms with Crippen molar-refractivity contribution < 1.29 is 0 Å². The largest absolute Gasteiger partial charge is 0.330 e. The summed E-state index contributed by atoms with van der Waals surface area (Å²) in [5, 5.41) is 1.00. The van der Waals surface area contributed by atoms with Crippen LogP contribution >= 0.6 is 11.5 Å². The van der Waals surface area contributed by atoms with Gasteiger partial charge in [0.05, 0.1) is 0 Å². The van der Waals surface area contributed by atoms with Crippen LogP contribution in [0.5, 0.6) is 0 Å². The molecule has 1 atom stereocenters. The summed E-state index contributed by atoms with van der Waals surface area (Å²) in [6.45, 7) is 2.71. The maximum absolute atomic E-state index is 5.95. The van der Waals surface area contributed by atoms with Crippen molar-refractivity contribution in [2.75, 3.05) is 6.54 Å². The van der Waals surface area contributed by atoms with Gasteiger partial charge in [-0.05, 0) is 37.0 Å². The van der Waals surface area contributed by atoms with Crippen molar-refractivity contribution in [3.05, 3.63) is 46.2 Å². The lowest BCUT2D eigenvalue weighted by Crippen LogP contribution is -2.25. The highest BCUT2D eigenvalue weighted by Crippen LogP contribution is 2.12. The first-order chi connectivity index (χ1) is 9.17. The zero-order valence-corrected chi connectivity index (χ0v) is 12.0. The Morgan fingerprint density at radius 1 is 1.26 bits per heavy atom. The Labute approximate surface area is 118 Å². The lowest BCUT2D eigenvalue weighted by Gasteiger charge is -2.06. The summed E-state index contributed by atoms with van der Waals surface area (Å²) >= 11 is 1.44. The highest BCUT2D eigenvalue weighted by molar-refractivity contribution is 7.05. The van der Waals surface area contributed by atoms with Gasteiger partial charge in [-0.2, -0.15) is 4.37 Å². The van der Waals surface area contributed by atoms with Crippen molar-refractivity contribution in [1.82, 2.24) is 9.36 Å². The van der Waals surface area contributed by atoms with E-state index in [1.807, 2.05) is 0 Å². The molecule has 1 heterocycles. The Kier molecular flexibility index (Phi) is 5.01. The van der Waals surface area contributed by atoms with Crippen LogP contribution in [0.3, 0.4) is 0 Å². The number of hydrogen-bond acceptors (Lipinski definition) is 5. The molecule has 102 valence electrons. The van der Waals surface area contributed by atoms with Gasteiger partial charge in [0.25, 0.3) is 0 Å². The zero-order valence-electron chi connectivity index (χ0n) is 11.2. The molecule has 1 aromatic carbocycles. The number of aromatic nitrogens is 2. The molecule has 1 aromatic heterocycles. The molecule has 0 radical (unpaired) electrons. The van der Waals surface area contributed by atoms with E-state index in [4.69, 9.17) is 11.5 Å². The van der Waals surface area contributed by atoms with Crippen LogP contribution in [0.15, 0.2) is 24.3 Å². The lowest BCUT2D eigenvalue weighted by atomic mass is 10.1. The highest BCUT2D eigenvalue weighted by Gasteiger charge is 2.09. The Morgan fingerprint density at radius 2 is 2.00 bits per heavy atom. The third kappa shape index (κ3) is 4.38. The van der Waals surface area contributed by atoms with Gasteiger partial charge in [-0.3, -0.25) is 0 Å². The predicted molar refractivity (Wildman–Crippen MR) is 79.2 cm³/mol. The van der Waals surface area contributed by atoms with E-state index in [1.165, 1.54) is 22.7 Å². The SMILES string of the molecule is Cc1ccc(Cc2nsc(CC(N)CCN)n2)cc1. The quantitative estimate of drug-likeness (QED) is 0.841. The molecule has 4 nitrogen and oxygen atoms in total. The highest BCUT2D eigenvalue weighted by atomic mass is 32.1. The molecule has 0 fully saturated rings. The first kappa shape index (κ1) is 14.1. The summed E-state index contributed by atoms with van der Waals surface area (Å²) in [7, 11) is 0. The minimum atomic E-state index is 0.0881. The number of nitrogens with two attached hydrogens (primary N) is 2. The van der Waals surface area contributed by atoms with E-state index in [0.717, 1.165) is 30.1 Å². The van der Waals surface area contributed by atoms with Crippen LogP contribution in [-0.4, -0.2) is 21.9 Å². The molecule has 19 heavy (non-hydrogen) atoms. The molecule has 0 aliphatic heterocycles. The summed E-state index contributed by atoms with van der Waals surface area (Å²) in [6.07, 6.45) is 2.37. The molecule has 0 bridgehead atoms. The molecule has 0 spiro atoms. The summed E-state index contributed by atoms with van der Waals surface area (Å²) in [5.41, 5.74) is 13.9. The van der Waals surface area contributed by atoms with E-state index < -0.39 is 0 Å². The van der Waals surface area contributed by atoms with Gasteiger partial charge in [0.15, 0.2) is 0 Å². The van der Waals surface area contributed by atoms with Gasteiger partial charge in [-0.15, -0.1) is 0 Å². The van der Waals surface area contributed by atoms with Crippen molar-refractivity contribution in [1.29, 1.82) is 0 Å². The fourth-order valence-electron chi connectivity index (χ4n) is 1.87. The van der Waals surface area contributed by atoms with E-state index in [1.54, 1.807) is 0 Å². The third-order valence-electron chi connectivity index (χ3n) is 2.97. The average molecular weight is 276 g/mol. The molecule has 0 saturated carbocycles. The smallest absolute Gasteiger partial charge is 0.146 e. The van der Waals surface area contributed by atoms with Gasteiger partial charge in [0.2, 0.25) is 0 Å². The molecule has 4 N–H and O–H groups in total. The Hall–Kier alpha value is -1.30. The molecule has 2 rings (SSSR count). The number of aryl methyl sites for hydroxylation is 1. The molecule has 0 amide bonds. The van der Waals surface area contributed by atoms with Gasteiger partial charge in [-0.25, -0.2) is 4.98 Å². The van der Waals surface area contributed by atoms with E-state index in [0.29, 0.717) is 6.54 Å². The van der Waals surface area contributed by atoms with Crippen molar-refractivity contribution >= 4 is 11.5 Å². The Bertz CT molecular complexity index is 506. The van der Waals surface area contributed by atoms with E-state index in [-0.39, 0.29) is 6.04 Å². The van der Waals surface area contributed by atoms with Crippen LogP contribution in [0.25, 0.3) is 0 Å². The molecule has 0 aliphatic carbocycles. The molecule has 5 heteroatoms.